The summed E-state index contributed by atoms with van der Waals surface area (Å²) < 4.78 is 5.32. The fraction of sp³-hybridized carbons (Fsp3) is 1.00. The van der Waals surface area contributed by atoms with Crippen LogP contribution < -0.4 is 5.32 Å². The zero-order valence-electron chi connectivity index (χ0n) is 7.88. The molecule has 0 bridgehead atoms. The largest absolute Gasteiger partial charge is 0.381 e. The Labute approximate surface area is 74.7 Å². The maximum atomic E-state index is 5.32. The van der Waals surface area contributed by atoms with Gasteiger partial charge in [0.15, 0.2) is 0 Å². The van der Waals surface area contributed by atoms with Gasteiger partial charge in [-0.3, -0.25) is 0 Å². The fourth-order valence-electron chi connectivity index (χ4n) is 1.97. The molecule has 2 fully saturated rings. The van der Waals surface area contributed by atoms with Gasteiger partial charge < -0.3 is 10.1 Å². The summed E-state index contributed by atoms with van der Waals surface area (Å²) in [4.78, 5) is 0. The predicted molar refractivity (Wildman–Crippen MR) is 49.2 cm³/mol. The maximum absolute atomic E-state index is 5.32. The van der Waals surface area contributed by atoms with Gasteiger partial charge in [0.05, 0.1) is 0 Å². The first kappa shape index (κ1) is 8.52. The minimum Gasteiger partial charge on any atom is -0.381 e. The first-order chi connectivity index (χ1) is 5.86. The van der Waals surface area contributed by atoms with Crippen molar-refractivity contribution in [3.8, 4) is 0 Å². The first-order valence-electron chi connectivity index (χ1n) is 5.20. The van der Waals surface area contributed by atoms with Crippen LogP contribution in [0.2, 0.25) is 0 Å². The molecule has 1 unspecified atom stereocenters. The van der Waals surface area contributed by atoms with Crippen molar-refractivity contribution < 1.29 is 4.74 Å². The summed E-state index contributed by atoms with van der Waals surface area (Å²) >= 11 is 0. The van der Waals surface area contributed by atoms with Gasteiger partial charge in [-0.25, -0.2) is 0 Å². The van der Waals surface area contributed by atoms with E-state index >= 15 is 0 Å². The van der Waals surface area contributed by atoms with Crippen molar-refractivity contribution in [2.45, 2.75) is 44.7 Å². The van der Waals surface area contributed by atoms with Gasteiger partial charge in [0, 0.05) is 25.3 Å². The van der Waals surface area contributed by atoms with Crippen molar-refractivity contribution in [2.75, 3.05) is 13.2 Å². The molecule has 0 radical (unpaired) electrons. The molecule has 0 aromatic carbocycles. The van der Waals surface area contributed by atoms with Gasteiger partial charge in [-0.1, -0.05) is 0 Å². The number of hydrogen-bond acceptors (Lipinski definition) is 2. The molecule has 1 aliphatic heterocycles. The van der Waals surface area contributed by atoms with Crippen LogP contribution >= 0.6 is 0 Å². The zero-order chi connectivity index (χ0) is 8.39. The Morgan fingerprint density at radius 2 is 1.83 bits per heavy atom. The van der Waals surface area contributed by atoms with Crippen molar-refractivity contribution in [3.05, 3.63) is 0 Å². The van der Waals surface area contributed by atoms with Gasteiger partial charge in [0.25, 0.3) is 0 Å². The summed E-state index contributed by atoms with van der Waals surface area (Å²) in [6.45, 7) is 4.23. The SMILES string of the molecule is CC(NC1CCOCC1)C1CC1. The smallest absolute Gasteiger partial charge is 0.0480 e. The van der Waals surface area contributed by atoms with Crippen LogP contribution in [0.5, 0.6) is 0 Å². The average molecular weight is 169 g/mol. The van der Waals surface area contributed by atoms with E-state index in [4.69, 9.17) is 4.74 Å². The summed E-state index contributed by atoms with van der Waals surface area (Å²) in [6, 6.07) is 1.47. The lowest BCUT2D eigenvalue weighted by atomic mass is 10.1. The van der Waals surface area contributed by atoms with Crippen LogP contribution in [0.25, 0.3) is 0 Å². The van der Waals surface area contributed by atoms with Gasteiger partial charge in [-0.15, -0.1) is 0 Å². The predicted octanol–water partition coefficient (Wildman–Crippen LogP) is 1.55. The normalized spacial score (nSPS) is 28.8. The van der Waals surface area contributed by atoms with Crippen LogP contribution in [0.3, 0.4) is 0 Å². The van der Waals surface area contributed by atoms with E-state index in [0.29, 0.717) is 0 Å². The third-order valence-electron chi connectivity index (χ3n) is 3.05. The lowest BCUT2D eigenvalue weighted by molar-refractivity contribution is 0.0747. The Morgan fingerprint density at radius 1 is 1.17 bits per heavy atom. The standard InChI is InChI=1S/C10H19NO/c1-8(9-2-3-9)11-10-4-6-12-7-5-10/h8-11H,2-7H2,1H3. The van der Waals surface area contributed by atoms with E-state index in [0.717, 1.165) is 31.2 Å². The van der Waals surface area contributed by atoms with Gasteiger partial charge in [-0.2, -0.15) is 0 Å². The van der Waals surface area contributed by atoms with Gasteiger partial charge in [0.2, 0.25) is 0 Å². The van der Waals surface area contributed by atoms with Crippen molar-refractivity contribution in [2.24, 2.45) is 5.92 Å². The minimum atomic E-state index is 0.731. The van der Waals surface area contributed by atoms with E-state index in [2.05, 4.69) is 12.2 Å². The molecule has 1 N–H and O–H groups in total. The second kappa shape index (κ2) is 3.75. The summed E-state index contributed by atoms with van der Waals surface area (Å²) in [6.07, 6.45) is 5.29. The summed E-state index contributed by atoms with van der Waals surface area (Å²) in [5.41, 5.74) is 0. The Morgan fingerprint density at radius 3 is 2.42 bits per heavy atom. The number of ether oxygens (including phenoxy) is 1. The molecule has 2 rings (SSSR count). The van der Waals surface area contributed by atoms with E-state index in [-0.39, 0.29) is 0 Å². The highest BCUT2D eigenvalue weighted by Crippen LogP contribution is 2.32. The molecule has 1 saturated carbocycles. The van der Waals surface area contributed by atoms with Crippen LogP contribution in [-0.4, -0.2) is 25.3 Å². The second-order valence-electron chi connectivity index (χ2n) is 4.18. The second-order valence-corrected chi connectivity index (χ2v) is 4.18. The molecule has 0 spiro atoms. The minimum absolute atomic E-state index is 0.731. The third-order valence-corrected chi connectivity index (χ3v) is 3.05. The lowest BCUT2D eigenvalue weighted by Crippen LogP contribution is -2.41. The van der Waals surface area contributed by atoms with Crippen molar-refractivity contribution in [1.82, 2.24) is 5.32 Å². The molecule has 70 valence electrons. The van der Waals surface area contributed by atoms with Gasteiger partial charge in [0.1, 0.15) is 0 Å². The Bertz CT molecular complexity index is 139. The quantitative estimate of drug-likeness (QED) is 0.692. The number of hydrogen-bond donors (Lipinski definition) is 1. The van der Waals surface area contributed by atoms with E-state index in [1.165, 1.54) is 25.7 Å². The van der Waals surface area contributed by atoms with E-state index in [9.17, 15) is 0 Å². The highest BCUT2D eigenvalue weighted by atomic mass is 16.5. The van der Waals surface area contributed by atoms with Crippen LogP contribution in [0.4, 0.5) is 0 Å². The molecular weight excluding hydrogens is 150 g/mol. The van der Waals surface area contributed by atoms with Crippen LogP contribution in [0, 0.1) is 5.92 Å². The molecule has 12 heavy (non-hydrogen) atoms. The summed E-state index contributed by atoms with van der Waals surface area (Å²) in [5, 5.41) is 3.70. The van der Waals surface area contributed by atoms with E-state index in [1.54, 1.807) is 0 Å². The number of rotatable bonds is 3. The molecule has 0 amide bonds. The molecule has 2 heteroatoms. The van der Waals surface area contributed by atoms with Crippen LogP contribution in [-0.2, 0) is 4.74 Å². The fourth-order valence-corrected chi connectivity index (χ4v) is 1.97. The molecule has 1 aliphatic carbocycles. The van der Waals surface area contributed by atoms with Crippen molar-refractivity contribution >= 4 is 0 Å². The Hall–Kier alpha value is -0.0800. The molecule has 1 saturated heterocycles. The lowest BCUT2D eigenvalue weighted by Gasteiger charge is -2.26. The summed E-state index contributed by atoms with van der Waals surface area (Å²) in [7, 11) is 0. The highest BCUT2D eigenvalue weighted by Gasteiger charge is 2.29. The number of nitrogens with one attached hydrogen (secondary N) is 1. The average Bonchev–Trinajstić information content (AvgIpc) is 2.88. The van der Waals surface area contributed by atoms with Gasteiger partial charge >= 0.3 is 0 Å². The topological polar surface area (TPSA) is 21.3 Å². The summed E-state index contributed by atoms with van der Waals surface area (Å²) in [5.74, 6) is 0.979. The van der Waals surface area contributed by atoms with Crippen molar-refractivity contribution in [3.63, 3.8) is 0 Å². The molecule has 0 aromatic heterocycles. The first-order valence-corrected chi connectivity index (χ1v) is 5.20. The van der Waals surface area contributed by atoms with Crippen LogP contribution in [0.15, 0.2) is 0 Å². The molecule has 2 nitrogen and oxygen atoms in total. The van der Waals surface area contributed by atoms with E-state index < -0.39 is 0 Å². The third kappa shape index (κ3) is 2.20. The molecular formula is C10H19NO. The van der Waals surface area contributed by atoms with Gasteiger partial charge in [-0.05, 0) is 38.5 Å². The maximum Gasteiger partial charge on any atom is 0.0480 e. The van der Waals surface area contributed by atoms with Crippen molar-refractivity contribution in [1.29, 1.82) is 0 Å². The Balaban J connectivity index is 1.69. The monoisotopic (exact) mass is 169 g/mol. The molecule has 2 aliphatic rings. The molecule has 1 atom stereocenters. The molecule has 1 heterocycles. The molecule has 0 aromatic rings. The highest BCUT2D eigenvalue weighted by molar-refractivity contribution is 4.86. The van der Waals surface area contributed by atoms with E-state index in [1.807, 2.05) is 0 Å². The Kier molecular flexibility index (Phi) is 2.66. The zero-order valence-corrected chi connectivity index (χ0v) is 7.88. The van der Waals surface area contributed by atoms with Crippen LogP contribution in [0.1, 0.15) is 32.6 Å².